The fourth-order valence-corrected chi connectivity index (χ4v) is 4.08. The van der Waals surface area contributed by atoms with Crippen molar-refractivity contribution in [3.8, 4) is 10.6 Å². The first-order valence-electron chi connectivity index (χ1n) is 7.42. The average Bonchev–Trinajstić information content (AvgIpc) is 3.22. The van der Waals surface area contributed by atoms with Crippen molar-refractivity contribution in [1.29, 1.82) is 0 Å². The molecule has 1 amide bonds. The number of likely N-dealkylation sites (tertiary alicyclic amines) is 1. The average molecular weight is 390 g/mol. The third-order valence-corrected chi connectivity index (χ3v) is 5.38. The van der Waals surface area contributed by atoms with E-state index in [1.54, 1.807) is 17.5 Å². The van der Waals surface area contributed by atoms with Crippen molar-refractivity contribution in [3.63, 3.8) is 0 Å². The summed E-state index contributed by atoms with van der Waals surface area (Å²) in [5.74, 6) is 0.908. The number of amides is 1. The second-order valence-corrected chi connectivity index (χ2v) is 6.79. The van der Waals surface area contributed by atoms with Gasteiger partial charge >= 0.3 is 0 Å². The lowest BCUT2D eigenvalue weighted by Crippen LogP contribution is -2.32. The number of carbonyl (C=O) groups excluding carboxylic acids is 1. The number of rotatable bonds is 2. The van der Waals surface area contributed by atoms with Gasteiger partial charge in [0, 0.05) is 37.1 Å². The normalized spacial score (nSPS) is 21.8. The van der Waals surface area contributed by atoms with Crippen molar-refractivity contribution < 1.29 is 9.18 Å². The minimum Gasteiger partial charge on any atom is -0.337 e. The highest BCUT2D eigenvalue weighted by Gasteiger charge is 2.38. The van der Waals surface area contributed by atoms with Crippen LogP contribution in [0.4, 0.5) is 4.39 Å². The first-order valence-corrected chi connectivity index (χ1v) is 8.30. The summed E-state index contributed by atoms with van der Waals surface area (Å²) in [5, 5.41) is 5.92. The molecule has 0 aliphatic carbocycles. The fraction of sp³-hybridized carbons (Fsp3) is 0.375. The van der Waals surface area contributed by atoms with Crippen LogP contribution in [0.25, 0.3) is 10.6 Å². The Morgan fingerprint density at radius 2 is 1.79 bits per heavy atom. The van der Waals surface area contributed by atoms with E-state index in [4.69, 9.17) is 0 Å². The highest BCUT2D eigenvalue weighted by atomic mass is 35.5. The first kappa shape index (κ1) is 19.1. The van der Waals surface area contributed by atoms with E-state index in [2.05, 4.69) is 10.3 Å². The predicted octanol–water partition coefficient (Wildman–Crippen LogP) is 3.08. The van der Waals surface area contributed by atoms with Crippen LogP contribution < -0.4 is 5.32 Å². The van der Waals surface area contributed by atoms with Gasteiger partial charge in [-0.25, -0.2) is 9.37 Å². The van der Waals surface area contributed by atoms with Crippen molar-refractivity contribution in [1.82, 2.24) is 15.2 Å². The molecule has 4 rings (SSSR count). The van der Waals surface area contributed by atoms with Gasteiger partial charge in [-0.1, -0.05) is 0 Å². The van der Waals surface area contributed by atoms with Crippen molar-refractivity contribution in [3.05, 3.63) is 41.2 Å². The van der Waals surface area contributed by atoms with Gasteiger partial charge in [0.05, 0.1) is 0 Å². The number of thiazole rings is 1. The second kappa shape index (κ2) is 7.78. The molecule has 2 saturated heterocycles. The summed E-state index contributed by atoms with van der Waals surface area (Å²) in [6, 6.07) is 6.20. The number of hydrogen-bond acceptors (Lipinski definition) is 4. The van der Waals surface area contributed by atoms with Crippen LogP contribution in [-0.4, -0.2) is 42.0 Å². The van der Waals surface area contributed by atoms with Crippen molar-refractivity contribution >= 4 is 42.1 Å². The van der Waals surface area contributed by atoms with E-state index in [9.17, 15) is 9.18 Å². The maximum absolute atomic E-state index is 13.0. The van der Waals surface area contributed by atoms with E-state index in [1.165, 1.54) is 23.5 Å². The standard InChI is InChI=1S/C16H16FN3OS.2ClH/c17-13-3-1-10(2-4-13)15-19-14(9-22-15)16(21)20-7-11-5-18-6-12(11)8-20;;/h1-4,9,11-12,18H,5-8H2;2*1H/t11-,12+;;. The molecule has 0 unspecified atom stereocenters. The summed E-state index contributed by atoms with van der Waals surface area (Å²) >= 11 is 1.42. The first-order chi connectivity index (χ1) is 10.7. The number of carbonyl (C=O) groups is 1. The molecule has 4 nitrogen and oxygen atoms in total. The van der Waals surface area contributed by atoms with Crippen LogP contribution in [-0.2, 0) is 0 Å². The summed E-state index contributed by atoms with van der Waals surface area (Å²) in [4.78, 5) is 18.9. The third-order valence-electron chi connectivity index (χ3n) is 4.49. The zero-order chi connectivity index (χ0) is 15.1. The molecule has 2 aromatic rings. The largest absolute Gasteiger partial charge is 0.337 e. The lowest BCUT2D eigenvalue weighted by atomic mass is 10.0. The molecular formula is C16H18Cl2FN3OS. The number of aromatic nitrogens is 1. The molecule has 2 aliphatic heterocycles. The van der Waals surface area contributed by atoms with Crippen LogP contribution >= 0.6 is 36.2 Å². The van der Waals surface area contributed by atoms with Gasteiger partial charge in [-0.3, -0.25) is 4.79 Å². The van der Waals surface area contributed by atoms with Crippen LogP contribution in [0.5, 0.6) is 0 Å². The summed E-state index contributed by atoms with van der Waals surface area (Å²) in [7, 11) is 0. The Kier molecular flexibility index (Phi) is 6.20. The Hall–Kier alpha value is -1.21. The quantitative estimate of drug-likeness (QED) is 0.857. The second-order valence-electron chi connectivity index (χ2n) is 5.93. The lowest BCUT2D eigenvalue weighted by molar-refractivity contribution is 0.0777. The van der Waals surface area contributed by atoms with E-state index in [1.807, 2.05) is 4.90 Å². The highest BCUT2D eigenvalue weighted by Crippen LogP contribution is 2.29. The van der Waals surface area contributed by atoms with Crippen molar-refractivity contribution in [2.75, 3.05) is 26.2 Å². The van der Waals surface area contributed by atoms with Gasteiger partial charge in [-0.15, -0.1) is 36.2 Å². The third kappa shape index (κ3) is 3.57. The van der Waals surface area contributed by atoms with Gasteiger partial charge in [0.15, 0.2) is 0 Å². The summed E-state index contributed by atoms with van der Waals surface area (Å²) < 4.78 is 13.0. The van der Waals surface area contributed by atoms with Crippen LogP contribution in [0.2, 0.25) is 0 Å². The Morgan fingerprint density at radius 3 is 2.42 bits per heavy atom. The van der Waals surface area contributed by atoms with Crippen LogP contribution in [0.3, 0.4) is 0 Å². The van der Waals surface area contributed by atoms with Crippen LogP contribution in [0.15, 0.2) is 29.6 Å². The minimum absolute atomic E-state index is 0. The van der Waals surface area contributed by atoms with Crippen LogP contribution in [0, 0.1) is 17.7 Å². The van der Waals surface area contributed by atoms with E-state index in [0.717, 1.165) is 36.8 Å². The topological polar surface area (TPSA) is 45.2 Å². The van der Waals surface area contributed by atoms with E-state index >= 15 is 0 Å². The molecule has 2 atom stereocenters. The molecule has 0 radical (unpaired) electrons. The molecule has 0 saturated carbocycles. The number of nitrogens with zero attached hydrogens (tertiary/aromatic N) is 2. The molecule has 1 aromatic carbocycles. The molecule has 1 N–H and O–H groups in total. The fourth-order valence-electron chi connectivity index (χ4n) is 3.28. The van der Waals surface area contributed by atoms with E-state index in [-0.39, 0.29) is 36.5 Å². The predicted molar refractivity (Wildman–Crippen MR) is 97.8 cm³/mol. The Bertz CT molecular complexity index is 698. The molecule has 1 aromatic heterocycles. The van der Waals surface area contributed by atoms with Gasteiger partial charge in [0.25, 0.3) is 5.91 Å². The number of halogens is 3. The summed E-state index contributed by atoms with van der Waals surface area (Å²) in [6.45, 7) is 3.65. The summed E-state index contributed by atoms with van der Waals surface area (Å²) in [5.41, 5.74) is 1.34. The van der Waals surface area contributed by atoms with Crippen LogP contribution in [0.1, 0.15) is 10.5 Å². The molecular weight excluding hydrogens is 372 g/mol. The van der Waals surface area contributed by atoms with Crippen molar-refractivity contribution in [2.45, 2.75) is 0 Å². The Balaban J connectivity index is 0.00000104. The van der Waals surface area contributed by atoms with Gasteiger partial charge < -0.3 is 10.2 Å². The van der Waals surface area contributed by atoms with E-state index < -0.39 is 0 Å². The SMILES string of the molecule is Cl.Cl.O=C(c1csc(-c2ccc(F)cc2)n1)N1C[C@H]2CNC[C@H]2C1. The highest BCUT2D eigenvalue weighted by molar-refractivity contribution is 7.13. The molecule has 0 spiro atoms. The minimum atomic E-state index is -0.270. The zero-order valence-corrected chi connectivity index (χ0v) is 15.2. The van der Waals surface area contributed by atoms with Gasteiger partial charge in [-0.2, -0.15) is 0 Å². The maximum atomic E-state index is 13.0. The Labute approximate surface area is 156 Å². The Morgan fingerprint density at radius 1 is 1.17 bits per heavy atom. The van der Waals surface area contributed by atoms with Gasteiger partial charge in [-0.05, 0) is 36.1 Å². The lowest BCUT2D eigenvalue weighted by Gasteiger charge is -2.15. The zero-order valence-electron chi connectivity index (χ0n) is 12.8. The molecule has 8 heteroatoms. The molecule has 3 heterocycles. The smallest absolute Gasteiger partial charge is 0.273 e. The number of hydrogen-bond donors (Lipinski definition) is 1. The molecule has 24 heavy (non-hydrogen) atoms. The van der Waals surface area contributed by atoms with Gasteiger partial charge in [0.2, 0.25) is 0 Å². The summed E-state index contributed by atoms with van der Waals surface area (Å²) in [6.07, 6.45) is 0. The molecule has 2 aliphatic rings. The van der Waals surface area contributed by atoms with Gasteiger partial charge in [0.1, 0.15) is 16.5 Å². The van der Waals surface area contributed by atoms with Crippen molar-refractivity contribution in [2.24, 2.45) is 11.8 Å². The maximum Gasteiger partial charge on any atom is 0.273 e. The molecule has 2 fully saturated rings. The molecule has 130 valence electrons. The molecule has 0 bridgehead atoms. The monoisotopic (exact) mass is 389 g/mol. The number of benzene rings is 1. The van der Waals surface area contributed by atoms with E-state index in [0.29, 0.717) is 17.5 Å². The number of fused-ring (bicyclic) bond motifs is 1. The number of nitrogens with one attached hydrogen (secondary N) is 1.